The molecule has 0 aliphatic carbocycles. The van der Waals surface area contributed by atoms with Crippen LogP contribution in [0.2, 0.25) is 5.15 Å². The lowest BCUT2D eigenvalue weighted by Gasteiger charge is -2.30. The molecule has 5 nitrogen and oxygen atoms in total. The summed E-state index contributed by atoms with van der Waals surface area (Å²) in [5.41, 5.74) is 2.18. The van der Waals surface area contributed by atoms with E-state index in [1.54, 1.807) is 4.68 Å². The number of likely N-dealkylation sites (N-methyl/N-ethyl adjacent to an activating group) is 1. The van der Waals surface area contributed by atoms with Gasteiger partial charge in [0.1, 0.15) is 5.15 Å². The number of morpholine rings is 1. The van der Waals surface area contributed by atoms with Gasteiger partial charge in [-0.3, -0.25) is 4.68 Å². The molecule has 1 aliphatic rings. The predicted octanol–water partition coefficient (Wildman–Crippen LogP) is 1.62. The molecule has 1 fully saturated rings. The average Bonchev–Trinajstić information content (AvgIpc) is 2.67. The van der Waals surface area contributed by atoms with Crippen molar-refractivity contribution in [2.45, 2.75) is 32.4 Å². The molecule has 1 N–H and O–H groups in total. The van der Waals surface area contributed by atoms with Gasteiger partial charge >= 0.3 is 0 Å². The van der Waals surface area contributed by atoms with E-state index in [2.05, 4.69) is 36.2 Å². The van der Waals surface area contributed by atoms with Gasteiger partial charge in [0.15, 0.2) is 0 Å². The first-order valence-corrected chi connectivity index (χ1v) is 7.59. The number of ether oxygens (including phenoxy) is 1. The second kappa shape index (κ2) is 6.89. The maximum atomic E-state index is 6.32. The van der Waals surface area contributed by atoms with Crippen LogP contribution in [0.1, 0.15) is 31.0 Å². The number of nitrogens with one attached hydrogen (secondary N) is 1. The molecule has 1 saturated heterocycles. The van der Waals surface area contributed by atoms with Crippen LogP contribution in [0.15, 0.2) is 0 Å². The van der Waals surface area contributed by atoms with Crippen LogP contribution >= 0.6 is 11.6 Å². The summed E-state index contributed by atoms with van der Waals surface area (Å²) in [7, 11) is 4.02. The number of hydrogen-bond acceptors (Lipinski definition) is 4. The second-order valence-electron chi connectivity index (χ2n) is 5.82. The van der Waals surface area contributed by atoms with Crippen molar-refractivity contribution in [2.75, 3.05) is 33.3 Å². The molecular weight excluding hydrogens is 276 g/mol. The van der Waals surface area contributed by atoms with Crippen molar-refractivity contribution in [3.8, 4) is 0 Å². The number of aromatic nitrogens is 2. The maximum absolute atomic E-state index is 6.32. The molecule has 0 unspecified atom stereocenters. The number of nitrogens with zero attached hydrogens (tertiary/aromatic N) is 3. The Kier molecular flexibility index (Phi) is 5.43. The third-order valence-electron chi connectivity index (χ3n) is 3.66. The smallest absolute Gasteiger partial charge is 0.131 e. The van der Waals surface area contributed by atoms with Gasteiger partial charge in [0, 0.05) is 38.8 Å². The van der Waals surface area contributed by atoms with Crippen LogP contribution in [0.4, 0.5) is 0 Å². The Balaban J connectivity index is 1.90. The fourth-order valence-electron chi connectivity index (χ4n) is 2.54. The highest BCUT2D eigenvalue weighted by molar-refractivity contribution is 6.30. The largest absolute Gasteiger partial charge is 0.374 e. The van der Waals surface area contributed by atoms with Gasteiger partial charge in [-0.2, -0.15) is 5.10 Å². The molecule has 1 atom stereocenters. The van der Waals surface area contributed by atoms with Gasteiger partial charge in [-0.05, 0) is 13.0 Å². The van der Waals surface area contributed by atoms with Gasteiger partial charge in [-0.15, -0.1) is 0 Å². The van der Waals surface area contributed by atoms with E-state index >= 15 is 0 Å². The quantitative estimate of drug-likeness (QED) is 0.897. The Hall–Kier alpha value is -0.620. The maximum Gasteiger partial charge on any atom is 0.131 e. The van der Waals surface area contributed by atoms with E-state index in [-0.39, 0.29) is 6.10 Å². The lowest BCUT2D eigenvalue weighted by Crippen LogP contribution is -2.44. The first-order chi connectivity index (χ1) is 9.49. The van der Waals surface area contributed by atoms with Crippen molar-refractivity contribution >= 4 is 11.6 Å². The van der Waals surface area contributed by atoms with Crippen molar-refractivity contribution in [1.29, 1.82) is 0 Å². The fourth-order valence-corrected chi connectivity index (χ4v) is 2.74. The van der Waals surface area contributed by atoms with Crippen LogP contribution in [0.5, 0.6) is 0 Å². The van der Waals surface area contributed by atoms with Crippen LogP contribution in [-0.2, 0) is 18.3 Å². The summed E-state index contributed by atoms with van der Waals surface area (Å²) in [5, 5.41) is 8.67. The second-order valence-corrected chi connectivity index (χ2v) is 6.18. The molecule has 0 spiro atoms. The third kappa shape index (κ3) is 3.73. The summed E-state index contributed by atoms with van der Waals surface area (Å²) in [4.78, 5) is 2.30. The Labute approximate surface area is 126 Å². The number of rotatable bonds is 5. The molecule has 1 aromatic rings. The molecule has 1 aliphatic heterocycles. The van der Waals surface area contributed by atoms with Crippen LogP contribution in [0.25, 0.3) is 0 Å². The normalized spacial score (nSPS) is 20.8. The van der Waals surface area contributed by atoms with Gasteiger partial charge in [0.25, 0.3) is 0 Å². The lowest BCUT2D eigenvalue weighted by atomic mass is 10.1. The van der Waals surface area contributed by atoms with Crippen molar-refractivity contribution in [3.05, 3.63) is 16.4 Å². The molecule has 0 amide bonds. The highest BCUT2D eigenvalue weighted by Crippen LogP contribution is 2.24. The van der Waals surface area contributed by atoms with Crippen molar-refractivity contribution in [2.24, 2.45) is 7.05 Å². The van der Waals surface area contributed by atoms with Crippen LogP contribution in [0.3, 0.4) is 0 Å². The lowest BCUT2D eigenvalue weighted by molar-refractivity contribution is -0.0182. The van der Waals surface area contributed by atoms with E-state index in [1.807, 2.05) is 7.05 Å². The molecule has 0 bridgehead atoms. The molecule has 0 radical (unpaired) electrons. The van der Waals surface area contributed by atoms with E-state index in [0.29, 0.717) is 5.92 Å². The summed E-state index contributed by atoms with van der Waals surface area (Å²) in [5.74, 6) is 0.377. The molecule has 2 rings (SSSR count). The molecule has 114 valence electrons. The molecule has 1 aromatic heterocycles. The molecule has 0 saturated carbocycles. The zero-order chi connectivity index (χ0) is 14.7. The number of hydrogen-bond donors (Lipinski definition) is 1. The first kappa shape index (κ1) is 15.8. The van der Waals surface area contributed by atoms with Gasteiger partial charge in [0.05, 0.1) is 18.4 Å². The minimum absolute atomic E-state index is 0.256. The highest BCUT2D eigenvalue weighted by Gasteiger charge is 2.19. The van der Waals surface area contributed by atoms with E-state index in [1.165, 1.54) is 0 Å². The molecular formula is C14H25ClN4O. The topological polar surface area (TPSA) is 42.3 Å². The average molecular weight is 301 g/mol. The zero-order valence-corrected chi connectivity index (χ0v) is 13.6. The SMILES string of the molecule is CC(C)c1nn(C)c(Cl)c1CNC[C@@H]1CN(C)CCO1. The summed E-state index contributed by atoms with van der Waals surface area (Å²) in [6.45, 7) is 8.67. The van der Waals surface area contributed by atoms with Gasteiger partial charge < -0.3 is 15.0 Å². The Morgan fingerprint density at radius 1 is 1.45 bits per heavy atom. The van der Waals surface area contributed by atoms with Gasteiger partial charge in [0.2, 0.25) is 0 Å². The summed E-state index contributed by atoms with van der Waals surface area (Å²) in [6.07, 6.45) is 0.256. The Morgan fingerprint density at radius 3 is 2.85 bits per heavy atom. The predicted molar refractivity (Wildman–Crippen MR) is 81.3 cm³/mol. The molecule has 6 heteroatoms. The third-order valence-corrected chi connectivity index (χ3v) is 4.14. The molecule has 0 aromatic carbocycles. The summed E-state index contributed by atoms with van der Waals surface area (Å²) in [6, 6.07) is 0. The zero-order valence-electron chi connectivity index (χ0n) is 12.8. The van der Waals surface area contributed by atoms with Crippen molar-refractivity contribution in [3.63, 3.8) is 0 Å². The first-order valence-electron chi connectivity index (χ1n) is 7.21. The summed E-state index contributed by atoms with van der Waals surface area (Å²) >= 11 is 6.32. The minimum atomic E-state index is 0.256. The molecule has 2 heterocycles. The fraction of sp³-hybridized carbons (Fsp3) is 0.786. The minimum Gasteiger partial charge on any atom is -0.374 e. The van der Waals surface area contributed by atoms with E-state index in [0.717, 1.165) is 49.2 Å². The standard InChI is InChI=1S/C14H25ClN4O/c1-10(2)13-12(14(15)19(4)17-13)8-16-7-11-9-18(3)5-6-20-11/h10-11,16H,5-9H2,1-4H3/t11-/m1/s1. The van der Waals surface area contributed by atoms with E-state index in [4.69, 9.17) is 16.3 Å². The Bertz CT molecular complexity index is 447. The van der Waals surface area contributed by atoms with E-state index < -0.39 is 0 Å². The number of halogens is 1. The number of aryl methyl sites for hydroxylation is 1. The monoisotopic (exact) mass is 300 g/mol. The highest BCUT2D eigenvalue weighted by atomic mass is 35.5. The van der Waals surface area contributed by atoms with E-state index in [9.17, 15) is 0 Å². The van der Waals surface area contributed by atoms with Crippen molar-refractivity contribution in [1.82, 2.24) is 20.0 Å². The van der Waals surface area contributed by atoms with Gasteiger partial charge in [-0.1, -0.05) is 25.4 Å². The Morgan fingerprint density at radius 2 is 2.20 bits per heavy atom. The summed E-state index contributed by atoms with van der Waals surface area (Å²) < 4.78 is 7.49. The molecule has 20 heavy (non-hydrogen) atoms. The van der Waals surface area contributed by atoms with Crippen LogP contribution < -0.4 is 5.32 Å². The van der Waals surface area contributed by atoms with Crippen LogP contribution in [0, 0.1) is 0 Å². The van der Waals surface area contributed by atoms with Crippen molar-refractivity contribution < 1.29 is 4.74 Å². The van der Waals surface area contributed by atoms with Crippen LogP contribution in [-0.4, -0.2) is 54.1 Å². The van der Waals surface area contributed by atoms with Gasteiger partial charge in [-0.25, -0.2) is 0 Å².